The molecule has 2 N–H and O–H groups in total. The predicted octanol–water partition coefficient (Wildman–Crippen LogP) is 3.71. The first-order valence-electron chi connectivity index (χ1n) is 8.48. The van der Waals surface area contributed by atoms with E-state index in [1.807, 2.05) is 20.8 Å². The van der Waals surface area contributed by atoms with Gasteiger partial charge in [0, 0.05) is 12.6 Å². The lowest BCUT2D eigenvalue weighted by Gasteiger charge is -2.32. The van der Waals surface area contributed by atoms with E-state index in [0.717, 1.165) is 6.54 Å². The lowest BCUT2D eigenvalue weighted by molar-refractivity contribution is 0.0515. The molecule has 0 bridgehead atoms. The molecule has 0 saturated heterocycles. The van der Waals surface area contributed by atoms with Crippen LogP contribution in [0, 0.1) is 11.8 Å². The Hall–Kier alpha value is -0.770. The van der Waals surface area contributed by atoms with Gasteiger partial charge in [-0.05, 0) is 52.0 Å². The number of nitrogens with one attached hydrogen (secondary N) is 2. The molecule has 1 rings (SSSR count). The van der Waals surface area contributed by atoms with Gasteiger partial charge < -0.3 is 15.4 Å². The molecule has 21 heavy (non-hydrogen) atoms. The molecule has 0 aromatic rings. The second-order valence-electron chi connectivity index (χ2n) is 7.69. The van der Waals surface area contributed by atoms with Crippen molar-refractivity contribution in [2.75, 3.05) is 13.1 Å². The van der Waals surface area contributed by atoms with Crippen molar-refractivity contribution in [2.24, 2.45) is 11.8 Å². The number of ether oxygens (including phenoxy) is 1. The van der Waals surface area contributed by atoms with Crippen LogP contribution in [0.3, 0.4) is 0 Å². The second-order valence-corrected chi connectivity index (χ2v) is 7.69. The summed E-state index contributed by atoms with van der Waals surface area (Å²) in [5.41, 5.74) is -0.435. The standard InChI is InChI=1S/C17H34N2O2/c1-13(2)11-18-15(14-9-7-6-8-10-14)12-19-16(20)21-17(3,4)5/h13-15,18H,6-12H2,1-5H3,(H,19,20). The third-order valence-electron chi connectivity index (χ3n) is 3.87. The fourth-order valence-corrected chi connectivity index (χ4v) is 2.84. The number of alkyl carbamates (subject to hydrolysis) is 1. The molecular formula is C17H34N2O2. The van der Waals surface area contributed by atoms with Gasteiger partial charge in [0.1, 0.15) is 5.60 Å². The number of hydrogen-bond acceptors (Lipinski definition) is 3. The molecule has 1 fully saturated rings. The lowest BCUT2D eigenvalue weighted by Crippen LogP contribution is -2.48. The van der Waals surface area contributed by atoms with Crippen LogP contribution < -0.4 is 10.6 Å². The first-order chi connectivity index (χ1) is 9.78. The minimum absolute atomic E-state index is 0.311. The third-order valence-corrected chi connectivity index (χ3v) is 3.87. The van der Waals surface area contributed by atoms with Crippen molar-refractivity contribution in [2.45, 2.75) is 78.4 Å². The number of carbonyl (C=O) groups is 1. The van der Waals surface area contributed by atoms with E-state index in [0.29, 0.717) is 24.4 Å². The Morgan fingerprint density at radius 1 is 1.14 bits per heavy atom. The van der Waals surface area contributed by atoms with Gasteiger partial charge in [0.15, 0.2) is 0 Å². The molecule has 1 aliphatic carbocycles. The fraction of sp³-hybridized carbons (Fsp3) is 0.941. The smallest absolute Gasteiger partial charge is 0.407 e. The van der Waals surface area contributed by atoms with Gasteiger partial charge in [-0.2, -0.15) is 0 Å². The van der Waals surface area contributed by atoms with E-state index in [1.165, 1.54) is 32.1 Å². The van der Waals surface area contributed by atoms with Crippen LogP contribution in [0.1, 0.15) is 66.7 Å². The minimum Gasteiger partial charge on any atom is -0.444 e. The van der Waals surface area contributed by atoms with Crippen LogP contribution in [0.5, 0.6) is 0 Å². The van der Waals surface area contributed by atoms with Crippen molar-refractivity contribution in [3.8, 4) is 0 Å². The topological polar surface area (TPSA) is 50.4 Å². The van der Waals surface area contributed by atoms with E-state index in [-0.39, 0.29) is 6.09 Å². The molecule has 1 atom stereocenters. The van der Waals surface area contributed by atoms with Gasteiger partial charge in [-0.15, -0.1) is 0 Å². The largest absolute Gasteiger partial charge is 0.444 e. The van der Waals surface area contributed by atoms with Gasteiger partial charge in [-0.3, -0.25) is 0 Å². The number of carbonyl (C=O) groups excluding carboxylic acids is 1. The molecule has 124 valence electrons. The molecule has 0 spiro atoms. The first-order valence-corrected chi connectivity index (χ1v) is 8.48. The van der Waals surface area contributed by atoms with E-state index < -0.39 is 5.60 Å². The Morgan fingerprint density at radius 2 is 1.76 bits per heavy atom. The molecule has 0 aliphatic heterocycles. The molecule has 0 aromatic heterocycles. The molecule has 4 heteroatoms. The maximum atomic E-state index is 11.8. The average molecular weight is 298 g/mol. The monoisotopic (exact) mass is 298 g/mol. The van der Waals surface area contributed by atoms with E-state index in [1.54, 1.807) is 0 Å². The molecule has 0 aromatic carbocycles. The van der Waals surface area contributed by atoms with E-state index in [4.69, 9.17) is 4.74 Å². The van der Waals surface area contributed by atoms with Crippen LogP contribution in [-0.4, -0.2) is 30.8 Å². The summed E-state index contributed by atoms with van der Waals surface area (Å²) in [5, 5.41) is 6.57. The average Bonchev–Trinajstić information content (AvgIpc) is 2.37. The van der Waals surface area contributed by atoms with Crippen LogP contribution in [-0.2, 0) is 4.74 Å². The summed E-state index contributed by atoms with van der Waals surface area (Å²) in [4.78, 5) is 11.8. The maximum Gasteiger partial charge on any atom is 0.407 e. The highest BCUT2D eigenvalue weighted by Crippen LogP contribution is 2.26. The van der Waals surface area contributed by atoms with Crippen molar-refractivity contribution in [1.82, 2.24) is 10.6 Å². The van der Waals surface area contributed by atoms with Crippen LogP contribution in [0.15, 0.2) is 0 Å². The van der Waals surface area contributed by atoms with Gasteiger partial charge in [0.05, 0.1) is 0 Å². The molecule has 1 saturated carbocycles. The fourth-order valence-electron chi connectivity index (χ4n) is 2.84. The summed E-state index contributed by atoms with van der Waals surface area (Å²) in [7, 11) is 0. The maximum absolute atomic E-state index is 11.8. The Labute approximate surface area is 130 Å². The Balaban J connectivity index is 2.45. The summed E-state index contributed by atoms with van der Waals surface area (Å²) < 4.78 is 5.32. The van der Waals surface area contributed by atoms with Crippen LogP contribution in [0.25, 0.3) is 0 Å². The summed E-state index contributed by atoms with van der Waals surface area (Å²) in [6, 6.07) is 0.361. The number of hydrogen-bond donors (Lipinski definition) is 2. The normalized spacial score (nSPS) is 18.6. The molecule has 0 heterocycles. The van der Waals surface area contributed by atoms with Crippen molar-refractivity contribution in [3.63, 3.8) is 0 Å². The summed E-state index contributed by atoms with van der Waals surface area (Å²) in [6.07, 6.45) is 6.22. The van der Waals surface area contributed by atoms with Gasteiger partial charge in [0.2, 0.25) is 0 Å². The highest BCUT2D eigenvalue weighted by Gasteiger charge is 2.25. The van der Waals surface area contributed by atoms with Gasteiger partial charge in [-0.1, -0.05) is 33.1 Å². The quantitative estimate of drug-likeness (QED) is 0.786. The van der Waals surface area contributed by atoms with Crippen molar-refractivity contribution in [1.29, 1.82) is 0 Å². The van der Waals surface area contributed by atoms with Crippen molar-refractivity contribution >= 4 is 6.09 Å². The molecule has 1 aliphatic rings. The predicted molar refractivity (Wildman–Crippen MR) is 87.4 cm³/mol. The SMILES string of the molecule is CC(C)CNC(CNC(=O)OC(C)(C)C)C1CCCCC1. The Kier molecular flexibility index (Phi) is 7.50. The summed E-state index contributed by atoms with van der Waals surface area (Å²) >= 11 is 0. The lowest BCUT2D eigenvalue weighted by atomic mass is 9.83. The number of amides is 1. The highest BCUT2D eigenvalue weighted by atomic mass is 16.6. The zero-order chi connectivity index (χ0) is 15.9. The first kappa shape index (κ1) is 18.3. The van der Waals surface area contributed by atoms with Crippen molar-refractivity contribution < 1.29 is 9.53 Å². The van der Waals surface area contributed by atoms with Gasteiger partial charge in [-0.25, -0.2) is 4.79 Å². The minimum atomic E-state index is -0.435. The molecular weight excluding hydrogens is 264 g/mol. The van der Waals surface area contributed by atoms with Crippen molar-refractivity contribution in [3.05, 3.63) is 0 Å². The van der Waals surface area contributed by atoms with Gasteiger partial charge in [0.25, 0.3) is 0 Å². The Morgan fingerprint density at radius 3 is 2.29 bits per heavy atom. The molecule has 4 nitrogen and oxygen atoms in total. The Bertz CT molecular complexity index is 304. The highest BCUT2D eigenvalue weighted by molar-refractivity contribution is 5.67. The third kappa shape index (κ3) is 8.30. The molecule has 1 unspecified atom stereocenters. The molecule has 0 radical (unpaired) electrons. The van der Waals surface area contributed by atoms with E-state index in [9.17, 15) is 4.79 Å². The second kappa shape index (κ2) is 8.62. The summed E-state index contributed by atoms with van der Waals surface area (Å²) in [5.74, 6) is 1.30. The molecule has 1 amide bonds. The van der Waals surface area contributed by atoms with Gasteiger partial charge >= 0.3 is 6.09 Å². The number of rotatable bonds is 6. The van der Waals surface area contributed by atoms with Crippen LogP contribution in [0.2, 0.25) is 0 Å². The zero-order valence-electron chi connectivity index (χ0n) is 14.5. The van der Waals surface area contributed by atoms with Crippen LogP contribution >= 0.6 is 0 Å². The summed E-state index contributed by atoms with van der Waals surface area (Å²) in [6.45, 7) is 11.8. The van der Waals surface area contributed by atoms with E-state index in [2.05, 4.69) is 24.5 Å². The van der Waals surface area contributed by atoms with E-state index >= 15 is 0 Å². The van der Waals surface area contributed by atoms with Crippen LogP contribution in [0.4, 0.5) is 4.79 Å². The zero-order valence-corrected chi connectivity index (χ0v) is 14.5.